The van der Waals surface area contributed by atoms with Gasteiger partial charge in [-0.2, -0.15) is 8.42 Å². The zero-order chi connectivity index (χ0) is 25.2. The molecule has 4 rings (SSSR count). The van der Waals surface area contributed by atoms with E-state index in [4.69, 9.17) is 50.6 Å². The highest BCUT2D eigenvalue weighted by Crippen LogP contribution is 2.54. The van der Waals surface area contributed by atoms with E-state index in [1.54, 1.807) is 0 Å². The number of Topliss-reactive ketones (excluding diaryl/α,β-unsaturated/α-hetero) is 1. The third-order valence-corrected chi connectivity index (χ3v) is 8.78. The number of fused-ring (bicyclic) bond motifs is 1. The minimum Gasteiger partial charge on any atom is -0.505 e. The Labute approximate surface area is 230 Å². The van der Waals surface area contributed by atoms with Gasteiger partial charge in [0.1, 0.15) is 16.4 Å². The molecule has 34 heavy (non-hydrogen) atoms. The number of hydrogen-bond donors (Lipinski definition) is 2. The lowest BCUT2D eigenvalue weighted by molar-refractivity contribution is 0.100. The standard InChI is InChI=1S/C21H10Br2Cl4O6S/c22-12-4-8(6-14(24)17(12)29)21(9-5-13(23)18(30)15(25)7-9)11-3-1-2-10(16(28)20(26)27)19(11)34(31,32)33-21/h1-7,20,29-30H. The van der Waals surface area contributed by atoms with Crippen molar-refractivity contribution in [3.05, 3.63) is 83.7 Å². The molecule has 0 amide bonds. The third kappa shape index (κ3) is 4.04. The number of benzene rings is 3. The van der Waals surface area contributed by atoms with Gasteiger partial charge in [0.05, 0.1) is 19.0 Å². The minimum absolute atomic E-state index is 0.0506. The van der Waals surface area contributed by atoms with Crippen LogP contribution in [0.15, 0.2) is 56.3 Å². The fourth-order valence-electron chi connectivity index (χ4n) is 3.76. The fraction of sp³-hybridized carbons (Fsp3) is 0.0952. The SMILES string of the molecule is O=C(c1cccc2c1S(=O)(=O)OC2(c1cc(Cl)c(O)c(Br)c1)c1cc(Cl)c(O)c(Br)c1)C(Cl)Cl. The number of rotatable bonds is 4. The smallest absolute Gasteiger partial charge is 0.299 e. The maximum atomic E-state index is 13.4. The molecule has 0 fully saturated rings. The van der Waals surface area contributed by atoms with Crippen LogP contribution < -0.4 is 0 Å². The van der Waals surface area contributed by atoms with Gasteiger partial charge in [0.2, 0.25) is 0 Å². The van der Waals surface area contributed by atoms with Crippen molar-refractivity contribution in [2.45, 2.75) is 15.3 Å². The molecule has 0 aromatic heterocycles. The molecule has 0 atom stereocenters. The summed E-state index contributed by atoms with van der Waals surface area (Å²) in [4.78, 5) is 10.7. The Morgan fingerprint density at radius 2 is 1.44 bits per heavy atom. The zero-order valence-electron chi connectivity index (χ0n) is 16.3. The first-order valence-electron chi connectivity index (χ1n) is 9.09. The molecule has 178 valence electrons. The van der Waals surface area contributed by atoms with Crippen molar-refractivity contribution < 1.29 is 27.6 Å². The van der Waals surface area contributed by atoms with Gasteiger partial charge in [-0.05, 0) is 73.3 Å². The highest BCUT2D eigenvalue weighted by Gasteiger charge is 2.53. The summed E-state index contributed by atoms with van der Waals surface area (Å²) in [7, 11) is -4.57. The molecule has 0 bridgehead atoms. The Kier molecular flexibility index (Phi) is 6.98. The van der Waals surface area contributed by atoms with Crippen molar-refractivity contribution in [3.63, 3.8) is 0 Å². The molecule has 0 spiro atoms. The maximum absolute atomic E-state index is 13.4. The molecule has 0 radical (unpaired) electrons. The summed E-state index contributed by atoms with van der Waals surface area (Å²) in [5, 5.41) is 20.1. The Morgan fingerprint density at radius 3 is 1.88 bits per heavy atom. The molecule has 3 aromatic rings. The van der Waals surface area contributed by atoms with Crippen LogP contribution in [0, 0.1) is 0 Å². The lowest BCUT2D eigenvalue weighted by atomic mass is 9.79. The molecule has 0 unspecified atom stereocenters. The lowest BCUT2D eigenvalue weighted by Gasteiger charge is -2.30. The molecular weight excluding hydrogens is 682 g/mol. The van der Waals surface area contributed by atoms with E-state index >= 15 is 0 Å². The van der Waals surface area contributed by atoms with Gasteiger partial charge >= 0.3 is 0 Å². The average molecular weight is 692 g/mol. The van der Waals surface area contributed by atoms with Crippen LogP contribution in [-0.4, -0.2) is 29.3 Å². The van der Waals surface area contributed by atoms with E-state index in [2.05, 4.69) is 31.9 Å². The first-order valence-corrected chi connectivity index (χ1v) is 13.7. The molecule has 1 aliphatic rings. The van der Waals surface area contributed by atoms with E-state index in [1.165, 1.54) is 42.5 Å². The number of carbonyl (C=O) groups is 1. The quantitative estimate of drug-likeness (QED) is 0.175. The summed E-state index contributed by atoms with van der Waals surface area (Å²) >= 11 is 30.3. The predicted molar refractivity (Wildman–Crippen MR) is 136 cm³/mol. The van der Waals surface area contributed by atoms with E-state index in [-0.39, 0.29) is 52.7 Å². The summed E-state index contributed by atoms with van der Waals surface area (Å²) in [5.41, 5.74) is -1.78. The molecule has 3 aromatic carbocycles. The number of aromatic hydroxyl groups is 2. The number of alkyl halides is 2. The summed E-state index contributed by atoms with van der Waals surface area (Å²) in [6.45, 7) is 0. The number of halogens is 6. The van der Waals surface area contributed by atoms with Crippen LogP contribution in [0.25, 0.3) is 0 Å². The molecule has 6 nitrogen and oxygen atoms in total. The van der Waals surface area contributed by atoms with Crippen molar-refractivity contribution >= 4 is 94.2 Å². The molecule has 2 N–H and O–H groups in total. The average Bonchev–Trinajstić information content (AvgIpc) is 3.03. The summed E-state index contributed by atoms with van der Waals surface area (Å²) in [6.07, 6.45) is 0. The minimum atomic E-state index is -4.57. The van der Waals surface area contributed by atoms with Crippen LogP contribution >= 0.6 is 78.3 Å². The summed E-state index contributed by atoms with van der Waals surface area (Å²) in [6, 6.07) is 9.66. The second-order valence-corrected chi connectivity index (χ2v) is 12.2. The Morgan fingerprint density at radius 1 is 0.941 bits per heavy atom. The van der Waals surface area contributed by atoms with E-state index in [9.17, 15) is 23.4 Å². The molecule has 0 saturated heterocycles. The van der Waals surface area contributed by atoms with Gasteiger partial charge in [0, 0.05) is 11.1 Å². The highest BCUT2D eigenvalue weighted by molar-refractivity contribution is 9.11. The predicted octanol–water partition coefficient (Wildman–Crippen LogP) is 6.93. The summed E-state index contributed by atoms with van der Waals surface area (Å²) < 4.78 is 32.8. The lowest BCUT2D eigenvalue weighted by Crippen LogP contribution is -2.29. The highest BCUT2D eigenvalue weighted by atomic mass is 79.9. The maximum Gasteiger partial charge on any atom is 0.299 e. The Bertz CT molecular complexity index is 1370. The van der Waals surface area contributed by atoms with Crippen molar-refractivity contribution in [1.29, 1.82) is 0 Å². The second-order valence-electron chi connectivity index (χ2n) is 7.14. The van der Waals surface area contributed by atoms with Gasteiger partial charge in [-0.25, -0.2) is 4.18 Å². The van der Waals surface area contributed by atoms with Gasteiger partial charge in [-0.15, -0.1) is 0 Å². The fourth-order valence-corrected chi connectivity index (χ4v) is 7.19. The van der Waals surface area contributed by atoms with Crippen molar-refractivity contribution in [3.8, 4) is 11.5 Å². The van der Waals surface area contributed by atoms with Gasteiger partial charge < -0.3 is 10.2 Å². The van der Waals surface area contributed by atoms with Crippen LogP contribution in [0.3, 0.4) is 0 Å². The van der Waals surface area contributed by atoms with Gasteiger partial charge in [0.15, 0.2) is 16.2 Å². The third-order valence-electron chi connectivity index (χ3n) is 5.19. The van der Waals surface area contributed by atoms with Gasteiger partial charge in [-0.3, -0.25) is 4.79 Å². The number of hydrogen-bond acceptors (Lipinski definition) is 6. The molecule has 1 heterocycles. The van der Waals surface area contributed by atoms with Gasteiger partial charge in [0.25, 0.3) is 10.1 Å². The number of phenols is 2. The van der Waals surface area contributed by atoms with Crippen LogP contribution in [-0.2, 0) is 19.9 Å². The topological polar surface area (TPSA) is 101 Å². The number of ketones is 1. The van der Waals surface area contributed by atoms with E-state index < -0.39 is 31.2 Å². The number of phenolic OH excluding ortho intramolecular Hbond substituents is 2. The molecular formula is C21H10Br2Cl4O6S. The molecule has 13 heteroatoms. The summed E-state index contributed by atoms with van der Waals surface area (Å²) in [5.74, 6) is -1.39. The second kappa shape index (κ2) is 9.12. The molecule has 0 aliphatic carbocycles. The first kappa shape index (κ1) is 26.0. The normalized spacial score (nSPS) is 16.0. The van der Waals surface area contributed by atoms with Crippen molar-refractivity contribution in [2.24, 2.45) is 0 Å². The molecule has 1 aliphatic heterocycles. The van der Waals surface area contributed by atoms with Crippen molar-refractivity contribution in [2.75, 3.05) is 0 Å². The van der Waals surface area contributed by atoms with Gasteiger partial charge in [-0.1, -0.05) is 58.5 Å². The van der Waals surface area contributed by atoms with E-state index in [0.717, 1.165) is 0 Å². The zero-order valence-corrected chi connectivity index (χ0v) is 23.3. The van der Waals surface area contributed by atoms with Crippen LogP contribution in [0.5, 0.6) is 11.5 Å². The van der Waals surface area contributed by atoms with Crippen LogP contribution in [0.2, 0.25) is 10.0 Å². The number of carbonyl (C=O) groups excluding carboxylic acids is 1. The Hall–Kier alpha value is -1.04. The Balaban J connectivity index is 2.19. The van der Waals surface area contributed by atoms with E-state index in [1.807, 2.05) is 0 Å². The monoisotopic (exact) mass is 688 g/mol. The first-order chi connectivity index (χ1) is 15.8. The van der Waals surface area contributed by atoms with Crippen molar-refractivity contribution in [1.82, 2.24) is 0 Å². The van der Waals surface area contributed by atoms with Crippen LogP contribution in [0.1, 0.15) is 27.0 Å². The van der Waals surface area contributed by atoms with Crippen LogP contribution in [0.4, 0.5) is 0 Å². The van der Waals surface area contributed by atoms with E-state index in [0.29, 0.717) is 0 Å². The molecule has 0 saturated carbocycles. The largest absolute Gasteiger partial charge is 0.505 e.